The minimum atomic E-state index is -0.662. The summed E-state index contributed by atoms with van der Waals surface area (Å²) in [7, 11) is 1.49. The molecular weight excluding hydrogens is 292 g/mol. The van der Waals surface area contributed by atoms with E-state index in [1.165, 1.54) is 24.9 Å². The van der Waals surface area contributed by atoms with Gasteiger partial charge in [-0.3, -0.25) is 0 Å². The molecule has 2 aromatic rings. The number of rotatable bonds is 5. The van der Waals surface area contributed by atoms with Gasteiger partial charge in [0.2, 0.25) is 0 Å². The standard InChI is InChI=1S/C15H16O3S2/c1-18-13-7-6-10(8-11(13)16)12(17)9-20-15-5-3-2-4-14(15)19/h2-8,12,16-17,19H,9H2,1H3. The van der Waals surface area contributed by atoms with Crippen molar-refractivity contribution in [1.29, 1.82) is 0 Å². The smallest absolute Gasteiger partial charge is 0.160 e. The molecule has 2 aromatic carbocycles. The number of phenolic OH excluding ortho intramolecular Hbond substituents is 1. The highest BCUT2D eigenvalue weighted by molar-refractivity contribution is 7.99. The minimum Gasteiger partial charge on any atom is -0.504 e. The zero-order valence-corrected chi connectivity index (χ0v) is 12.7. The highest BCUT2D eigenvalue weighted by Crippen LogP contribution is 2.32. The van der Waals surface area contributed by atoms with Gasteiger partial charge in [0, 0.05) is 15.5 Å². The van der Waals surface area contributed by atoms with Crippen molar-refractivity contribution in [3.8, 4) is 11.5 Å². The normalized spacial score (nSPS) is 12.2. The van der Waals surface area contributed by atoms with E-state index in [0.717, 1.165) is 9.79 Å². The highest BCUT2D eigenvalue weighted by Gasteiger charge is 2.12. The van der Waals surface area contributed by atoms with E-state index in [0.29, 0.717) is 17.1 Å². The predicted octanol–water partition coefficient (Wildman–Crippen LogP) is 3.52. The molecule has 0 bridgehead atoms. The number of aliphatic hydroxyl groups excluding tert-OH is 1. The predicted molar refractivity (Wildman–Crippen MR) is 84.0 cm³/mol. The van der Waals surface area contributed by atoms with Gasteiger partial charge in [-0.15, -0.1) is 24.4 Å². The molecule has 0 amide bonds. The summed E-state index contributed by atoms with van der Waals surface area (Å²) in [6.07, 6.45) is -0.662. The maximum atomic E-state index is 10.2. The number of hydrogen-bond acceptors (Lipinski definition) is 5. The van der Waals surface area contributed by atoms with Crippen molar-refractivity contribution in [2.75, 3.05) is 12.9 Å². The zero-order valence-electron chi connectivity index (χ0n) is 11.0. The molecule has 0 heterocycles. The molecule has 0 aliphatic carbocycles. The Hall–Kier alpha value is -1.30. The number of thioether (sulfide) groups is 1. The van der Waals surface area contributed by atoms with E-state index >= 15 is 0 Å². The van der Waals surface area contributed by atoms with Crippen LogP contribution in [-0.2, 0) is 0 Å². The molecule has 0 radical (unpaired) electrons. The molecule has 3 nitrogen and oxygen atoms in total. The van der Waals surface area contributed by atoms with Crippen LogP contribution in [0, 0.1) is 0 Å². The van der Waals surface area contributed by atoms with Crippen molar-refractivity contribution < 1.29 is 14.9 Å². The van der Waals surface area contributed by atoms with Crippen LogP contribution in [0.2, 0.25) is 0 Å². The van der Waals surface area contributed by atoms with E-state index in [9.17, 15) is 10.2 Å². The van der Waals surface area contributed by atoms with Gasteiger partial charge in [0.15, 0.2) is 11.5 Å². The lowest BCUT2D eigenvalue weighted by molar-refractivity contribution is 0.203. The molecule has 0 saturated heterocycles. The average molecular weight is 308 g/mol. The Bertz CT molecular complexity index is 587. The van der Waals surface area contributed by atoms with E-state index in [1.54, 1.807) is 12.1 Å². The first-order valence-corrected chi connectivity index (χ1v) is 7.51. The van der Waals surface area contributed by atoms with Gasteiger partial charge in [-0.2, -0.15) is 0 Å². The Morgan fingerprint density at radius 3 is 2.65 bits per heavy atom. The zero-order chi connectivity index (χ0) is 14.5. The molecule has 0 spiro atoms. The van der Waals surface area contributed by atoms with Gasteiger partial charge in [0.25, 0.3) is 0 Å². The Balaban J connectivity index is 2.03. The van der Waals surface area contributed by atoms with Crippen LogP contribution in [0.1, 0.15) is 11.7 Å². The maximum absolute atomic E-state index is 10.2. The van der Waals surface area contributed by atoms with Crippen LogP contribution < -0.4 is 4.74 Å². The first-order chi connectivity index (χ1) is 9.61. The fourth-order valence-corrected chi connectivity index (χ4v) is 3.03. The number of methoxy groups -OCH3 is 1. The van der Waals surface area contributed by atoms with Crippen molar-refractivity contribution in [3.63, 3.8) is 0 Å². The lowest BCUT2D eigenvalue weighted by Crippen LogP contribution is -2.00. The first kappa shape index (κ1) is 15.1. The number of thiol groups is 1. The summed E-state index contributed by atoms with van der Waals surface area (Å²) in [5.41, 5.74) is 0.660. The van der Waals surface area contributed by atoms with Crippen molar-refractivity contribution in [2.45, 2.75) is 15.9 Å². The van der Waals surface area contributed by atoms with Crippen LogP contribution in [0.5, 0.6) is 11.5 Å². The second kappa shape index (κ2) is 6.92. The largest absolute Gasteiger partial charge is 0.504 e. The number of aliphatic hydroxyl groups is 1. The first-order valence-electron chi connectivity index (χ1n) is 6.07. The summed E-state index contributed by atoms with van der Waals surface area (Å²) in [6, 6.07) is 12.7. The fraction of sp³-hybridized carbons (Fsp3) is 0.200. The third-order valence-electron chi connectivity index (χ3n) is 2.85. The lowest BCUT2D eigenvalue weighted by atomic mass is 10.1. The van der Waals surface area contributed by atoms with E-state index in [1.807, 2.05) is 24.3 Å². The van der Waals surface area contributed by atoms with Crippen LogP contribution in [0.3, 0.4) is 0 Å². The summed E-state index contributed by atoms with van der Waals surface area (Å²) in [5.74, 6) is 0.918. The summed E-state index contributed by atoms with van der Waals surface area (Å²) < 4.78 is 4.98. The van der Waals surface area contributed by atoms with E-state index < -0.39 is 6.10 Å². The van der Waals surface area contributed by atoms with Crippen LogP contribution in [0.15, 0.2) is 52.3 Å². The second-order valence-electron chi connectivity index (χ2n) is 4.23. The van der Waals surface area contributed by atoms with Gasteiger partial charge < -0.3 is 14.9 Å². The number of aromatic hydroxyl groups is 1. The van der Waals surface area contributed by atoms with Gasteiger partial charge in [-0.1, -0.05) is 18.2 Å². The number of benzene rings is 2. The molecule has 1 unspecified atom stereocenters. The Labute approximate surface area is 128 Å². The molecule has 106 valence electrons. The Morgan fingerprint density at radius 2 is 2.00 bits per heavy atom. The molecule has 2 rings (SSSR count). The summed E-state index contributed by atoms with van der Waals surface area (Å²) in [6.45, 7) is 0. The van der Waals surface area contributed by atoms with Gasteiger partial charge in [0.1, 0.15) is 0 Å². The summed E-state index contributed by atoms with van der Waals surface area (Å²) in [4.78, 5) is 1.91. The third-order valence-corrected chi connectivity index (χ3v) is 4.54. The van der Waals surface area contributed by atoms with Crippen molar-refractivity contribution in [3.05, 3.63) is 48.0 Å². The van der Waals surface area contributed by atoms with Crippen molar-refractivity contribution in [2.24, 2.45) is 0 Å². The average Bonchev–Trinajstić information content (AvgIpc) is 2.46. The topological polar surface area (TPSA) is 49.7 Å². The number of hydrogen-bond donors (Lipinski definition) is 3. The molecule has 5 heteroatoms. The van der Waals surface area contributed by atoms with Gasteiger partial charge >= 0.3 is 0 Å². The lowest BCUT2D eigenvalue weighted by Gasteiger charge is -2.13. The molecule has 0 fully saturated rings. The van der Waals surface area contributed by atoms with E-state index in [2.05, 4.69) is 12.6 Å². The molecule has 0 aromatic heterocycles. The van der Waals surface area contributed by atoms with Gasteiger partial charge in [-0.05, 0) is 29.8 Å². The molecule has 0 saturated carbocycles. The van der Waals surface area contributed by atoms with Crippen LogP contribution in [0.4, 0.5) is 0 Å². The monoisotopic (exact) mass is 308 g/mol. The molecule has 2 N–H and O–H groups in total. The minimum absolute atomic E-state index is 0.0312. The second-order valence-corrected chi connectivity index (χ2v) is 5.77. The third kappa shape index (κ3) is 3.62. The molecule has 0 aliphatic heterocycles. The Kier molecular flexibility index (Phi) is 5.23. The molecule has 0 aliphatic rings. The van der Waals surface area contributed by atoms with E-state index in [-0.39, 0.29) is 5.75 Å². The quantitative estimate of drug-likeness (QED) is 0.584. The molecule has 1 atom stereocenters. The van der Waals surface area contributed by atoms with Crippen LogP contribution in [0.25, 0.3) is 0 Å². The molecular formula is C15H16O3S2. The molecule has 20 heavy (non-hydrogen) atoms. The van der Waals surface area contributed by atoms with Gasteiger partial charge in [-0.25, -0.2) is 0 Å². The fourth-order valence-electron chi connectivity index (χ4n) is 1.76. The van der Waals surface area contributed by atoms with E-state index in [4.69, 9.17) is 4.74 Å². The summed E-state index contributed by atoms with van der Waals surface area (Å²) >= 11 is 5.90. The SMILES string of the molecule is COc1ccc(C(O)CSc2ccccc2S)cc1O. The number of ether oxygens (including phenoxy) is 1. The maximum Gasteiger partial charge on any atom is 0.160 e. The highest BCUT2D eigenvalue weighted by atomic mass is 32.2. The van der Waals surface area contributed by atoms with Crippen molar-refractivity contribution >= 4 is 24.4 Å². The van der Waals surface area contributed by atoms with Crippen LogP contribution >= 0.6 is 24.4 Å². The summed E-state index contributed by atoms with van der Waals surface area (Å²) in [5, 5.41) is 19.9. The number of phenols is 1. The van der Waals surface area contributed by atoms with Crippen LogP contribution in [-0.4, -0.2) is 23.1 Å². The van der Waals surface area contributed by atoms with Crippen molar-refractivity contribution in [1.82, 2.24) is 0 Å². The van der Waals surface area contributed by atoms with Gasteiger partial charge in [0.05, 0.1) is 13.2 Å². The Morgan fingerprint density at radius 1 is 1.25 bits per heavy atom.